The standard InChI is InChI=1S/C16H23NO4S/c1-3-21-14-7-5-6-13(12-14)16(18)17-10-8-15(9-11-17)22(19,20)4-2/h5-7,12,15H,3-4,8-11H2,1-2H3. The fraction of sp³-hybridized carbons (Fsp3) is 0.562. The maximum atomic E-state index is 12.5. The Balaban J connectivity index is 2.02. The minimum Gasteiger partial charge on any atom is -0.494 e. The first-order valence-corrected chi connectivity index (χ1v) is 9.43. The van der Waals surface area contributed by atoms with Crippen molar-refractivity contribution in [3.63, 3.8) is 0 Å². The maximum Gasteiger partial charge on any atom is 0.253 e. The van der Waals surface area contributed by atoms with E-state index in [1.165, 1.54) is 0 Å². The molecule has 0 saturated carbocycles. The number of carbonyl (C=O) groups excluding carboxylic acids is 1. The van der Waals surface area contributed by atoms with E-state index in [4.69, 9.17) is 4.74 Å². The molecule has 0 aromatic heterocycles. The van der Waals surface area contributed by atoms with Crippen LogP contribution in [0.1, 0.15) is 37.0 Å². The van der Waals surface area contributed by atoms with Crippen LogP contribution in [0, 0.1) is 0 Å². The van der Waals surface area contributed by atoms with Crippen molar-refractivity contribution < 1.29 is 17.9 Å². The van der Waals surface area contributed by atoms with E-state index in [9.17, 15) is 13.2 Å². The van der Waals surface area contributed by atoms with Crippen molar-refractivity contribution in [2.45, 2.75) is 31.9 Å². The van der Waals surface area contributed by atoms with E-state index < -0.39 is 9.84 Å². The summed E-state index contributed by atoms with van der Waals surface area (Å²) < 4.78 is 29.2. The van der Waals surface area contributed by atoms with Crippen LogP contribution in [-0.2, 0) is 9.84 Å². The van der Waals surface area contributed by atoms with Crippen LogP contribution in [0.5, 0.6) is 5.75 Å². The SMILES string of the molecule is CCOc1cccc(C(=O)N2CCC(S(=O)(=O)CC)CC2)c1. The highest BCUT2D eigenvalue weighted by Crippen LogP contribution is 2.21. The fourth-order valence-corrected chi connectivity index (χ4v) is 4.12. The minimum atomic E-state index is -3.01. The molecule has 1 amide bonds. The van der Waals surface area contributed by atoms with Crippen LogP contribution in [-0.4, -0.2) is 49.9 Å². The minimum absolute atomic E-state index is 0.0612. The van der Waals surface area contributed by atoms with Gasteiger partial charge in [-0.05, 0) is 38.0 Å². The van der Waals surface area contributed by atoms with Gasteiger partial charge in [0.05, 0.1) is 11.9 Å². The summed E-state index contributed by atoms with van der Waals surface area (Å²) in [6.45, 7) is 5.10. The number of nitrogens with zero attached hydrogens (tertiary/aromatic N) is 1. The van der Waals surface area contributed by atoms with Gasteiger partial charge in [0.15, 0.2) is 9.84 Å². The maximum absolute atomic E-state index is 12.5. The molecule has 0 bridgehead atoms. The van der Waals surface area contributed by atoms with Crippen LogP contribution in [0.25, 0.3) is 0 Å². The smallest absolute Gasteiger partial charge is 0.253 e. The topological polar surface area (TPSA) is 63.7 Å². The van der Waals surface area contributed by atoms with Crippen LogP contribution in [0.2, 0.25) is 0 Å². The Bertz CT molecular complexity index is 619. The van der Waals surface area contributed by atoms with Crippen molar-refractivity contribution in [1.29, 1.82) is 0 Å². The first-order valence-electron chi connectivity index (χ1n) is 7.71. The molecule has 0 aliphatic carbocycles. The lowest BCUT2D eigenvalue weighted by Gasteiger charge is -2.31. The summed E-state index contributed by atoms with van der Waals surface area (Å²) in [7, 11) is -3.01. The zero-order valence-electron chi connectivity index (χ0n) is 13.1. The number of likely N-dealkylation sites (tertiary alicyclic amines) is 1. The third-order valence-electron chi connectivity index (χ3n) is 4.03. The lowest BCUT2D eigenvalue weighted by atomic mass is 10.1. The molecule has 0 atom stereocenters. The fourth-order valence-electron chi connectivity index (χ4n) is 2.72. The van der Waals surface area contributed by atoms with E-state index in [-0.39, 0.29) is 16.9 Å². The lowest BCUT2D eigenvalue weighted by molar-refractivity contribution is 0.0725. The molecule has 0 spiro atoms. The summed E-state index contributed by atoms with van der Waals surface area (Å²) in [4.78, 5) is 14.2. The van der Waals surface area contributed by atoms with Crippen LogP contribution in [0.15, 0.2) is 24.3 Å². The van der Waals surface area contributed by atoms with E-state index in [0.717, 1.165) is 0 Å². The Labute approximate surface area is 132 Å². The second-order valence-corrected chi connectivity index (χ2v) is 7.97. The number of amides is 1. The average molecular weight is 325 g/mol. The monoisotopic (exact) mass is 325 g/mol. The van der Waals surface area contributed by atoms with Crippen molar-refractivity contribution in [1.82, 2.24) is 4.90 Å². The first-order chi connectivity index (χ1) is 10.5. The molecule has 1 aromatic carbocycles. The van der Waals surface area contributed by atoms with Crippen LogP contribution in [0.4, 0.5) is 0 Å². The predicted molar refractivity (Wildman–Crippen MR) is 86.0 cm³/mol. The van der Waals surface area contributed by atoms with Gasteiger partial charge >= 0.3 is 0 Å². The quantitative estimate of drug-likeness (QED) is 0.832. The highest BCUT2D eigenvalue weighted by Gasteiger charge is 2.30. The summed E-state index contributed by atoms with van der Waals surface area (Å²) in [6.07, 6.45) is 1.04. The normalized spacial score (nSPS) is 16.5. The number of hydrogen-bond acceptors (Lipinski definition) is 4. The summed E-state index contributed by atoms with van der Waals surface area (Å²) in [5.74, 6) is 0.785. The number of hydrogen-bond donors (Lipinski definition) is 0. The van der Waals surface area contributed by atoms with Gasteiger partial charge in [-0.15, -0.1) is 0 Å². The molecule has 2 rings (SSSR count). The van der Waals surface area contributed by atoms with Crippen LogP contribution >= 0.6 is 0 Å². The van der Waals surface area contributed by atoms with Gasteiger partial charge in [-0.3, -0.25) is 4.79 Å². The largest absolute Gasteiger partial charge is 0.494 e. The second-order valence-electron chi connectivity index (χ2n) is 5.40. The Kier molecular flexibility index (Phi) is 5.45. The highest BCUT2D eigenvalue weighted by atomic mass is 32.2. The van der Waals surface area contributed by atoms with Crippen molar-refractivity contribution in [3.8, 4) is 5.75 Å². The van der Waals surface area contributed by atoms with Gasteiger partial charge < -0.3 is 9.64 Å². The van der Waals surface area contributed by atoms with E-state index >= 15 is 0 Å². The van der Waals surface area contributed by atoms with Gasteiger partial charge in [0.1, 0.15) is 5.75 Å². The first kappa shape index (κ1) is 16.8. The van der Waals surface area contributed by atoms with Gasteiger partial charge in [0.2, 0.25) is 0 Å². The van der Waals surface area contributed by atoms with Crippen molar-refractivity contribution in [2.75, 3.05) is 25.4 Å². The van der Waals surface area contributed by atoms with E-state index in [0.29, 0.717) is 43.9 Å². The Hall–Kier alpha value is -1.56. The number of carbonyl (C=O) groups is 1. The third-order valence-corrected chi connectivity index (χ3v) is 6.32. The summed E-state index contributed by atoms with van der Waals surface area (Å²) in [5.41, 5.74) is 0.586. The van der Waals surface area contributed by atoms with E-state index in [1.807, 2.05) is 13.0 Å². The highest BCUT2D eigenvalue weighted by molar-refractivity contribution is 7.92. The van der Waals surface area contributed by atoms with Gasteiger partial charge in [-0.2, -0.15) is 0 Å². The Morgan fingerprint density at radius 2 is 1.95 bits per heavy atom. The van der Waals surface area contributed by atoms with Gasteiger partial charge in [0.25, 0.3) is 5.91 Å². The molecule has 0 unspecified atom stereocenters. The number of ether oxygens (including phenoxy) is 1. The van der Waals surface area contributed by atoms with Crippen molar-refractivity contribution in [2.24, 2.45) is 0 Å². The molecule has 122 valence electrons. The number of benzene rings is 1. The lowest BCUT2D eigenvalue weighted by Crippen LogP contribution is -2.42. The molecule has 1 aliphatic heterocycles. The molecule has 1 fully saturated rings. The molecule has 0 radical (unpaired) electrons. The van der Waals surface area contributed by atoms with E-state index in [1.54, 1.807) is 30.0 Å². The second kappa shape index (κ2) is 7.13. The number of piperidine rings is 1. The van der Waals surface area contributed by atoms with Crippen molar-refractivity contribution >= 4 is 15.7 Å². The van der Waals surface area contributed by atoms with Gasteiger partial charge in [-0.1, -0.05) is 13.0 Å². The number of rotatable bonds is 5. The molecule has 0 N–H and O–H groups in total. The Morgan fingerprint density at radius 3 is 2.55 bits per heavy atom. The van der Waals surface area contributed by atoms with Crippen molar-refractivity contribution in [3.05, 3.63) is 29.8 Å². The molecule has 6 heteroatoms. The molecule has 1 heterocycles. The Morgan fingerprint density at radius 1 is 1.27 bits per heavy atom. The molecule has 1 aromatic rings. The van der Waals surface area contributed by atoms with Gasteiger partial charge in [-0.25, -0.2) is 8.42 Å². The molecule has 22 heavy (non-hydrogen) atoms. The third kappa shape index (κ3) is 3.80. The van der Waals surface area contributed by atoms with Crippen LogP contribution < -0.4 is 4.74 Å². The summed E-state index contributed by atoms with van der Waals surface area (Å²) in [6, 6.07) is 7.12. The summed E-state index contributed by atoms with van der Waals surface area (Å²) in [5, 5.41) is -0.309. The molecular weight excluding hydrogens is 302 g/mol. The van der Waals surface area contributed by atoms with Gasteiger partial charge in [0, 0.05) is 24.4 Å². The summed E-state index contributed by atoms with van der Waals surface area (Å²) >= 11 is 0. The average Bonchev–Trinajstić information content (AvgIpc) is 2.55. The molecular formula is C16H23NO4S. The molecule has 5 nitrogen and oxygen atoms in total. The molecule has 1 aliphatic rings. The molecule has 1 saturated heterocycles. The van der Waals surface area contributed by atoms with Crippen LogP contribution in [0.3, 0.4) is 0 Å². The number of sulfone groups is 1. The predicted octanol–water partition coefficient (Wildman–Crippen LogP) is 2.12. The zero-order chi connectivity index (χ0) is 16.2. The zero-order valence-corrected chi connectivity index (χ0v) is 13.9. The van der Waals surface area contributed by atoms with E-state index in [2.05, 4.69) is 0 Å².